The van der Waals surface area contributed by atoms with Gasteiger partial charge in [0.2, 0.25) is 0 Å². The summed E-state index contributed by atoms with van der Waals surface area (Å²) in [6, 6.07) is 9.66. The second-order valence-corrected chi connectivity index (χ2v) is 23.4. The maximum absolute atomic E-state index is 14.8. The summed E-state index contributed by atoms with van der Waals surface area (Å²) < 4.78 is 14.1. The molecule has 0 bridgehead atoms. The van der Waals surface area contributed by atoms with E-state index in [-0.39, 0.29) is 52.0 Å². The van der Waals surface area contributed by atoms with Gasteiger partial charge in [-0.2, -0.15) is 0 Å². The van der Waals surface area contributed by atoms with Gasteiger partial charge in [0.25, 0.3) is 0 Å². The van der Waals surface area contributed by atoms with Crippen LogP contribution in [0.25, 0.3) is 11.0 Å². The fraction of sp³-hybridized carbons (Fsp3) is 0.704. The van der Waals surface area contributed by atoms with Crippen LogP contribution in [0.2, 0.25) is 0 Å². The highest BCUT2D eigenvalue weighted by Crippen LogP contribution is 2.75. The number of fused-ring (bicyclic) bond motifs is 6. The van der Waals surface area contributed by atoms with E-state index in [1.54, 1.807) is 0 Å². The van der Waals surface area contributed by atoms with Crippen molar-refractivity contribution in [1.82, 2.24) is 9.55 Å². The standard InChI is InChI=1S/C54H74N2O6/c1-31(23-40(57)49-51(4,5)62-49)44-41(58)28-54(8)45(44)38(47(60)48-52(6)18-14-43(59)50(2,3)42(52)13-19-53(48,54)7)30-56-29-37(46-39(56)15-20-55-46)26-32-24-35(33-11-9-10-12-33)27-36(25-32)34-16-21-61-22-17-34/h15,20,24-25,27,29,31,33-34,38,40,42,47-49,55,57,60H,9-14,16-19,21-23,26,28,30H2,1-8H3. The molecule has 0 spiro atoms. The number of ether oxygens (including phenoxy) is 2. The van der Waals surface area contributed by atoms with Gasteiger partial charge in [-0.15, -0.1) is 0 Å². The molecule has 4 saturated carbocycles. The molecule has 2 saturated heterocycles. The van der Waals surface area contributed by atoms with Gasteiger partial charge in [0.05, 0.1) is 28.8 Å². The van der Waals surface area contributed by atoms with E-state index < -0.39 is 23.0 Å². The van der Waals surface area contributed by atoms with Crippen LogP contribution in [-0.4, -0.2) is 68.5 Å². The highest BCUT2D eigenvalue weighted by molar-refractivity contribution is 6.01. The van der Waals surface area contributed by atoms with E-state index in [0.717, 1.165) is 73.9 Å². The zero-order chi connectivity index (χ0) is 43.7. The molecule has 2 aromatic heterocycles. The Morgan fingerprint density at radius 2 is 1.60 bits per heavy atom. The number of carbonyl (C=O) groups is 2. The van der Waals surface area contributed by atoms with Gasteiger partial charge in [0, 0.05) is 68.2 Å². The Kier molecular flexibility index (Phi) is 10.4. The predicted molar refractivity (Wildman–Crippen MR) is 243 cm³/mol. The fourth-order valence-electron chi connectivity index (χ4n) is 15.8. The van der Waals surface area contributed by atoms with Gasteiger partial charge in [-0.3, -0.25) is 9.59 Å². The van der Waals surface area contributed by atoms with E-state index in [9.17, 15) is 19.8 Å². The van der Waals surface area contributed by atoms with Crippen LogP contribution in [-0.2, 0) is 32.0 Å². The average Bonchev–Trinajstić information content (AvgIpc) is 3.80. The highest BCUT2D eigenvalue weighted by atomic mass is 16.6. The van der Waals surface area contributed by atoms with Gasteiger partial charge in [-0.05, 0) is 145 Å². The molecule has 7 aliphatic rings. The van der Waals surface area contributed by atoms with Crippen LogP contribution in [0.4, 0.5) is 0 Å². The van der Waals surface area contributed by atoms with Crippen molar-refractivity contribution in [3.8, 4) is 0 Å². The molecule has 0 amide bonds. The first-order chi connectivity index (χ1) is 29.4. The first kappa shape index (κ1) is 42.9. The van der Waals surface area contributed by atoms with Crippen LogP contribution >= 0.6 is 0 Å². The molecule has 1 aromatic carbocycles. The molecule has 3 N–H and O–H groups in total. The number of Topliss-reactive ketones (excluding diaryl/α,β-unsaturated/α-hetero) is 2. The Balaban J connectivity index is 1.06. The number of aromatic amines is 1. The number of allylic oxidation sites excluding steroid dienone is 1. The molecule has 10 atom stereocenters. The van der Waals surface area contributed by atoms with Crippen LogP contribution < -0.4 is 0 Å². The molecule has 10 rings (SSSR count). The average molecular weight is 847 g/mol. The van der Waals surface area contributed by atoms with Crippen molar-refractivity contribution < 1.29 is 29.3 Å². The maximum Gasteiger partial charge on any atom is 0.160 e. The summed E-state index contributed by atoms with van der Waals surface area (Å²) in [5.74, 6) is 1.25. The topological polar surface area (TPSA) is 117 Å². The van der Waals surface area contributed by atoms with Crippen LogP contribution in [0.5, 0.6) is 0 Å². The Morgan fingerprint density at radius 3 is 2.27 bits per heavy atom. The van der Waals surface area contributed by atoms with Crippen molar-refractivity contribution in [2.24, 2.45) is 45.3 Å². The zero-order valence-electron chi connectivity index (χ0n) is 38.9. The number of aromatic nitrogens is 2. The molecule has 3 aromatic rings. The number of benzene rings is 1. The number of hydrogen-bond donors (Lipinski definition) is 3. The molecule has 5 aliphatic carbocycles. The van der Waals surface area contributed by atoms with Crippen LogP contribution in [0.3, 0.4) is 0 Å². The van der Waals surface area contributed by atoms with Crippen LogP contribution in [0, 0.1) is 45.3 Å². The minimum Gasteiger partial charge on any atom is -0.392 e. The summed E-state index contributed by atoms with van der Waals surface area (Å²) in [5.41, 5.74) is 7.89. The number of ketones is 2. The molecule has 4 heterocycles. The smallest absolute Gasteiger partial charge is 0.160 e. The number of carbonyl (C=O) groups excluding carboxylic acids is 2. The monoisotopic (exact) mass is 847 g/mol. The predicted octanol–water partition coefficient (Wildman–Crippen LogP) is 10.4. The lowest BCUT2D eigenvalue weighted by molar-refractivity contribution is -0.220. The Labute approximate surface area is 370 Å². The first-order valence-corrected chi connectivity index (χ1v) is 24.6. The van der Waals surface area contributed by atoms with E-state index in [4.69, 9.17) is 9.47 Å². The fourth-order valence-corrected chi connectivity index (χ4v) is 15.8. The quantitative estimate of drug-likeness (QED) is 0.175. The number of rotatable bonds is 10. The van der Waals surface area contributed by atoms with E-state index in [1.807, 2.05) is 20.0 Å². The van der Waals surface area contributed by atoms with Gasteiger partial charge >= 0.3 is 0 Å². The number of aliphatic hydroxyl groups is 2. The lowest BCUT2D eigenvalue weighted by Crippen LogP contribution is -2.67. The molecule has 8 heteroatoms. The summed E-state index contributed by atoms with van der Waals surface area (Å²) >= 11 is 0. The number of hydrogen-bond acceptors (Lipinski definition) is 6. The molecule has 336 valence electrons. The molecule has 10 unspecified atom stereocenters. The zero-order valence-corrected chi connectivity index (χ0v) is 38.9. The minimum atomic E-state index is -0.714. The summed E-state index contributed by atoms with van der Waals surface area (Å²) in [4.78, 5) is 32.1. The lowest BCUT2D eigenvalue weighted by Gasteiger charge is -2.70. The maximum atomic E-state index is 14.8. The van der Waals surface area contributed by atoms with Crippen molar-refractivity contribution in [1.29, 1.82) is 0 Å². The molecular weight excluding hydrogens is 773 g/mol. The Morgan fingerprint density at radius 1 is 0.919 bits per heavy atom. The molecular formula is C54H74N2O6. The summed E-state index contributed by atoms with van der Waals surface area (Å²) in [7, 11) is 0. The molecule has 62 heavy (non-hydrogen) atoms. The van der Waals surface area contributed by atoms with Gasteiger partial charge in [0.1, 0.15) is 11.9 Å². The third-order valence-electron chi connectivity index (χ3n) is 19.2. The highest BCUT2D eigenvalue weighted by Gasteiger charge is 2.72. The lowest BCUT2D eigenvalue weighted by atomic mass is 9.34. The van der Waals surface area contributed by atoms with Gasteiger partial charge < -0.3 is 29.2 Å². The molecule has 8 nitrogen and oxygen atoms in total. The largest absolute Gasteiger partial charge is 0.392 e. The second-order valence-electron chi connectivity index (χ2n) is 23.4. The van der Waals surface area contributed by atoms with Crippen molar-refractivity contribution in [3.05, 3.63) is 70.1 Å². The van der Waals surface area contributed by atoms with Gasteiger partial charge in [-0.1, -0.05) is 72.6 Å². The third-order valence-corrected chi connectivity index (χ3v) is 19.2. The van der Waals surface area contributed by atoms with Crippen molar-refractivity contribution >= 4 is 22.6 Å². The third kappa shape index (κ3) is 6.55. The number of nitrogens with zero attached hydrogens (tertiary/aromatic N) is 1. The summed E-state index contributed by atoms with van der Waals surface area (Å²) in [6.45, 7) is 19.8. The van der Waals surface area contributed by atoms with Crippen molar-refractivity contribution in [3.63, 3.8) is 0 Å². The number of H-pyrrole nitrogens is 1. The Bertz CT molecular complexity index is 2280. The van der Waals surface area contributed by atoms with Crippen LogP contribution in [0.15, 0.2) is 47.8 Å². The first-order valence-electron chi connectivity index (χ1n) is 24.6. The normalized spacial score (nSPS) is 36.8. The van der Waals surface area contributed by atoms with E-state index in [1.165, 1.54) is 47.9 Å². The summed E-state index contributed by atoms with van der Waals surface area (Å²) in [5, 5.41) is 24.9. The van der Waals surface area contributed by atoms with Crippen LogP contribution in [0.1, 0.15) is 167 Å². The Hall–Kier alpha value is -3.04. The number of epoxide rings is 1. The SMILES string of the molecule is CC(CC(O)C1OC1(C)C)C1=C2C(Cn3cc(Cc4cc(C5CCCC5)cc(C5CCOCC5)c4)c4[nH]ccc43)C(O)C3C4(C)CCC(=O)C(C)(C)C4CCC3(C)C2(C)CC1=O. The van der Waals surface area contributed by atoms with E-state index in [0.29, 0.717) is 43.4 Å². The molecule has 0 radical (unpaired) electrons. The molecule has 6 fully saturated rings. The van der Waals surface area contributed by atoms with Crippen molar-refractivity contribution in [2.75, 3.05) is 13.2 Å². The molecule has 2 aliphatic heterocycles. The number of aliphatic hydroxyl groups excluding tert-OH is 2. The van der Waals surface area contributed by atoms with E-state index in [2.05, 4.69) is 81.6 Å². The van der Waals surface area contributed by atoms with Gasteiger partial charge in [0.15, 0.2) is 5.78 Å². The number of nitrogens with one attached hydrogen (secondary N) is 1. The van der Waals surface area contributed by atoms with Gasteiger partial charge in [-0.25, -0.2) is 0 Å². The second kappa shape index (κ2) is 15.0. The summed E-state index contributed by atoms with van der Waals surface area (Å²) in [6.07, 6.45) is 14.8. The minimum absolute atomic E-state index is 0.0905. The van der Waals surface area contributed by atoms with Crippen molar-refractivity contribution in [2.45, 2.75) is 181 Å². The van der Waals surface area contributed by atoms with E-state index >= 15 is 0 Å².